The van der Waals surface area contributed by atoms with Crippen LogP contribution in [0.3, 0.4) is 0 Å². The smallest absolute Gasteiger partial charge is 0.159 e. The molecule has 0 bridgehead atoms. The molecule has 0 amide bonds. The van der Waals surface area contributed by atoms with E-state index in [1.807, 2.05) is 30.5 Å². The number of H-pyrrole nitrogens is 2. The molecule has 0 spiro atoms. The summed E-state index contributed by atoms with van der Waals surface area (Å²) in [7, 11) is 0. The van der Waals surface area contributed by atoms with Gasteiger partial charge in [-0.3, -0.25) is 20.0 Å². The first-order chi connectivity index (χ1) is 19.6. The Kier molecular flexibility index (Phi) is 6.20. The highest BCUT2D eigenvalue weighted by atomic mass is 19.1. The third-order valence-corrected chi connectivity index (χ3v) is 7.56. The molecule has 0 aliphatic carbocycles. The minimum absolute atomic E-state index is 0.375. The van der Waals surface area contributed by atoms with Crippen molar-refractivity contribution >= 4 is 21.9 Å². The number of aryl methyl sites for hydroxylation is 1. The molecule has 1 aliphatic rings. The number of ether oxygens (including phenoxy) is 1. The van der Waals surface area contributed by atoms with Gasteiger partial charge in [0.2, 0.25) is 0 Å². The highest BCUT2D eigenvalue weighted by molar-refractivity contribution is 5.97. The monoisotopic (exact) mass is 533 g/mol. The summed E-state index contributed by atoms with van der Waals surface area (Å²) in [6, 6.07) is 14.8. The Morgan fingerprint density at radius 3 is 2.73 bits per heavy atom. The predicted octanol–water partition coefficient (Wildman–Crippen LogP) is 6.15. The van der Waals surface area contributed by atoms with E-state index in [4.69, 9.17) is 9.72 Å². The number of rotatable bonds is 7. The van der Waals surface area contributed by atoms with E-state index in [0.717, 1.165) is 52.7 Å². The molecule has 9 heteroatoms. The number of halogens is 1. The Bertz CT molecular complexity index is 1840. The van der Waals surface area contributed by atoms with E-state index in [1.165, 1.54) is 25.0 Å². The lowest BCUT2D eigenvalue weighted by Crippen LogP contribution is -2.25. The zero-order valence-corrected chi connectivity index (χ0v) is 22.1. The number of pyridine rings is 2. The quantitative estimate of drug-likeness (QED) is 0.256. The average Bonchev–Trinajstić information content (AvgIpc) is 3.72. The summed E-state index contributed by atoms with van der Waals surface area (Å²) in [6.07, 6.45) is 7.82. The van der Waals surface area contributed by atoms with Crippen LogP contribution in [0.15, 0.2) is 67.1 Å². The second kappa shape index (κ2) is 10.2. The van der Waals surface area contributed by atoms with Crippen LogP contribution in [0.2, 0.25) is 0 Å². The number of imidazole rings is 1. The number of benzene rings is 2. The molecule has 5 heterocycles. The topological polar surface area (TPSA) is 95.6 Å². The molecule has 1 fully saturated rings. The summed E-state index contributed by atoms with van der Waals surface area (Å²) in [6.45, 7) is 5.62. The second-order valence-electron chi connectivity index (χ2n) is 10.2. The molecule has 4 aromatic heterocycles. The van der Waals surface area contributed by atoms with Crippen LogP contribution in [0.25, 0.3) is 55.8 Å². The number of nitrogens with one attached hydrogen (secondary N) is 2. The maximum absolute atomic E-state index is 14.7. The van der Waals surface area contributed by atoms with Crippen molar-refractivity contribution in [2.75, 3.05) is 26.2 Å². The molecule has 200 valence electrons. The normalized spacial score (nSPS) is 13.9. The van der Waals surface area contributed by atoms with Crippen molar-refractivity contribution in [3.05, 3.63) is 78.5 Å². The van der Waals surface area contributed by atoms with Gasteiger partial charge >= 0.3 is 0 Å². The molecule has 8 nitrogen and oxygen atoms in total. The Morgan fingerprint density at radius 1 is 0.950 bits per heavy atom. The van der Waals surface area contributed by atoms with Gasteiger partial charge in [-0.1, -0.05) is 6.07 Å². The summed E-state index contributed by atoms with van der Waals surface area (Å²) < 4.78 is 20.6. The summed E-state index contributed by atoms with van der Waals surface area (Å²) >= 11 is 0. The van der Waals surface area contributed by atoms with Crippen molar-refractivity contribution in [2.45, 2.75) is 19.8 Å². The average molecular weight is 534 g/mol. The molecule has 0 unspecified atom stereocenters. The van der Waals surface area contributed by atoms with Crippen LogP contribution in [0.1, 0.15) is 18.4 Å². The SMILES string of the molecule is Cc1ccncc1-c1ccc2[nH]nc(-c3nc4c(-c5cc(F)cc(OCCN6CCCC6)c5)nccc4[nH]3)c2c1. The minimum atomic E-state index is -0.375. The van der Waals surface area contributed by atoms with E-state index in [1.54, 1.807) is 12.4 Å². The number of nitrogens with zero attached hydrogens (tertiary/aromatic N) is 5. The van der Waals surface area contributed by atoms with Crippen LogP contribution in [-0.2, 0) is 0 Å². The fraction of sp³-hybridized carbons (Fsp3) is 0.226. The van der Waals surface area contributed by atoms with Gasteiger partial charge in [-0.25, -0.2) is 9.37 Å². The van der Waals surface area contributed by atoms with Gasteiger partial charge in [0, 0.05) is 47.7 Å². The third kappa shape index (κ3) is 4.58. The van der Waals surface area contributed by atoms with Crippen molar-refractivity contribution in [1.82, 2.24) is 35.0 Å². The first-order valence-corrected chi connectivity index (χ1v) is 13.5. The summed E-state index contributed by atoms with van der Waals surface area (Å²) in [5, 5.41) is 8.63. The Balaban J connectivity index is 1.24. The Labute approximate surface area is 230 Å². The Hall–Kier alpha value is -4.63. The molecule has 0 atom stereocenters. The molecule has 0 radical (unpaired) electrons. The van der Waals surface area contributed by atoms with Crippen LogP contribution in [0, 0.1) is 12.7 Å². The lowest BCUT2D eigenvalue weighted by atomic mass is 10.0. The van der Waals surface area contributed by atoms with E-state index < -0.39 is 0 Å². The first kappa shape index (κ1) is 24.4. The predicted molar refractivity (Wildman–Crippen MR) is 154 cm³/mol. The molecule has 40 heavy (non-hydrogen) atoms. The van der Waals surface area contributed by atoms with E-state index >= 15 is 0 Å². The first-order valence-electron chi connectivity index (χ1n) is 13.5. The molecule has 1 aliphatic heterocycles. The summed E-state index contributed by atoms with van der Waals surface area (Å²) in [4.78, 5) is 19.5. The highest BCUT2D eigenvalue weighted by Crippen LogP contribution is 2.34. The van der Waals surface area contributed by atoms with Gasteiger partial charge in [0.05, 0.1) is 16.7 Å². The standard InChI is InChI=1S/C31H28FN7O/c1-19-6-8-33-18-25(19)20-4-5-26-24(16-20)29(38-37-26)31-35-27-7-9-34-28(30(27)36-31)21-14-22(32)17-23(15-21)40-13-12-39-10-2-3-11-39/h4-9,14-18H,2-3,10-13H2,1H3,(H,35,36)(H,37,38). The lowest BCUT2D eigenvalue weighted by molar-refractivity contribution is 0.237. The lowest BCUT2D eigenvalue weighted by Gasteiger charge is -2.15. The third-order valence-electron chi connectivity index (χ3n) is 7.56. The molecule has 2 aromatic carbocycles. The Morgan fingerprint density at radius 2 is 1.85 bits per heavy atom. The van der Waals surface area contributed by atoms with E-state index in [-0.39, 0.29) is 5.82 Å². The molecule has 0 saturated carbocycles. The summed E-state index contributed by atoms with van der Waals surface area (Å²) in [5.41, 5.74) is 7.49. The maximum atomic E-state index is 14.7. The molecule has 1 saturated heterocycles. The van der Waals surface area contributed by atoms with Gasteiger partial charge in [0.25, 0.3) is 0 Å². The van der Waals surface area contributed by atoms with Crippen molar-refractivity contribution in [3.8, 4) is 39.7 Å². The molecular weight excluding hydrogens is 505 g/mol. The number of hydrogen-bond acceptors (Lipinski definition) is 6. The number of aromatic nitrogens is 6. The number of fused-ring (bicyclic) bond motifs is 2. The van der Waals surface area contributed by atoms with Gasteiger partial charge in [0.1, 0.15) is 29.4 Å². The van der Waals surface area contributed by atoms with E-state index in [0.29, 0.717) is 40.6 Å². The van der Waals surface area contributed by atoms with Crippen molar-refractivity contribution in [3.63, 3.8) is 0 Å². The molecule has 2 N–H and O–H groups in total. The zero-order valence-electron chi connectivity index (χ0n) is 22.1. The second-order valence-corrected chi connectivity index (χ2v) is 10.2. The minimum Gasteiger partial charge on any atom is -0.492 e. The van der Waals surface area contributed by atoms with Crippen LogP contribution in [-0.4, -0.2) is 61.3 Å². The van der Waals surface area contributed by atoms with Crippen LogP contribution >= 0.6 is 0 Å². The van der Waals surface area contributed by atoms with Crippen molar-refractivity contribution in [1.29, 1.82) is 0 Å². The fourth-order valence-corrected chi connectivity index (χ4v) is 5.47. The van der Waals surface area contributed by atoms with Crippen molar-refractivity contribution < 1.29 is 9.13 Å². The van der Waals surface area contributed by atoms with Crippen LogP contribution < -0.4 is 4.74 Å². The zero-order chi connectivity index (χ0) is 27.1. The summed E-state index contributed by atoms with van der Waals surface area (Å²) in [5.74, 6) is 0.717. The fourth-order valence-electron chi connectivity index (χ4n) is 5.47. The largest absolute Gasteiger partial charge is 0.492 e. The van der Waals surface area contributed by atoms with Gasteiger partial charge in [0.15, 0.2) is 5.82 Å². The van der Waals surface area contributed by atoms with Gasteiger partial charge in [-0.15, -0.1) is 0 Å². The van der Waals surface area contributed by atoms with Gasteiger partial charge in [-0.2, -0.15) is 5.10 Å². The van der Waals surface area contributed by atoms with Gasteiger partial charge in [-0.05, 0) is 80.4 Å². The van der Waals surface area contributed by atoms with Crippen molar-refractivity contribution in [2.24, 2.45) is 0 Å². The maximum Gasteiger partial charge on any atom is 0.159 e. The highest BCUT2D eigenvalue weighted by Gasteiger charge is 2.18. The van der Waals surface area contributed by atoms with E-state index in [9.17, 15) is 4.39 Å². The number of likely N-dealkylation sites (tertiary alicyclic amines) is 1. The molecular formula is C31H28FN7O. The van der Waals surface area contributed by atoms with Gasteiger partial charge < -0.3 is 9.72 Å². The number of hydrogen-bond donors (Lipinski definition) is 2. The molecule has 6 aromatic rings. The van der Waals surface area contributed by atoms with Crippen LogP contribution in [0.4, 0.5) is 4.39 Å². The van der Waals surface area contributed by atoms with E-state index in [2.05, 4.69) is 49.1 Å². The molecule has 7 rings (SSSR count). The number of aromatic amines is 2. The van der Waals surface area contributed by atoms with Crippen LogP contribution in [0.5, 0.6) is 5.75 Å².